The largest absolute Gasteiger partial charge is 0.481 e. The van der Waals surface area contributed by atoms with E-state index in [0.29, 0.717) is 25.7 Å². The number of hydrogen-bond donors (Lipinski definition) is 3. The Morgan fingerprint density at radius 3 is 1.86 bits per heavy atom. The van der Waals surface area contributed by atoms with Crippen molar-refractivity contribution in [2.45, 2.75) is 149 Å². The summed E-state index contributed by atoms with van der Waals surface area (Å²) in [4.78, 5) is 35.6. The summed E-state index contributed by atoms with van der Waals surface area (Å²) >= 11 is 0. The molecule has 0 rings (SSSR count). The summed E-state index contributed by atoms with van der Waals surface area (Å²) in [6, 6.07) is -0.741. The molecule has 0 aliphatic carbocycles. The molecule has 3 N–H and O–H groups in total. The second kappa shape index (κ2) is 21.6. The predicted octanol–water partition coefficient (Wildman–Crippen LogP) is 6.01. The Morgan fingerprint density at radius 2 is 1.34 bits per heavy atom. The zero-order valence-electron chi connectivity index (χ0n) is 22.8. The highest BCUT2D eigenvalue weighted by atomic mass is 16.5. The van der Waals surface area contributed by atoms with Crippen molar-refractivity contribution in [2.24, 2.45) is 11.8 Å². The van der Waals surface area contributed by atoms with E-state index in [1.807, 2.05) is 13.8 Å². The van der Waals surface area contributed by atoms with Crippen molar-refractivity contribution in [3.8, 4) is 0 Å². The van der Waals surface area contributed by atoms with Crippen molar-refractivity contribution in [1.29, 1.82) is 0 Å². The molecule has 0 aromatic rings. The Morgan fingerprint density at radius 1 is 0.829 bits per heavy atom. The number of aliphatic hydroxyl groups excluding tert-OH is 1. The van der Waals surface area contributed by atoms with Gasteiger partial charge in [0, 0.05) is 6.42 Å². The van der Waals surface area contributed by atoms with Crippen LogP contribution in [0.1, 0.15) is 130 Å². The number of amides is 1. The SMILES string of the molecule is CCCCCCCCCC[C@@H](C[C@H](O)[C@H](CCCCCC)C(=O)O)OC(=O)[C@H](CC(C)C)NC=O. The van der Waals surface area contributed by atoms with Gasteiger partial charge in [0.2, 0.25) is 6.41 Å². The second-order valence-corrected chi connectivity index (χ2v) is 10.4. The highest BCUT2D eigenvalue weighted by molar-refractivity contribution is 5.78. The van der Waals surface area contributed by atoms with Crippen LogP contribution in [0.3, 0.4) is 0 Å². The lowest BCUT2D eigenvalue weighted by Gasteiger charge is -2.26. The molecule has 0 unspecified atom stereocenters. The first kappa shape index (κ1) is 33.4. The van der Waals surface area contributed by atoms with Gasteiger partial charge in [0.05, 0.1) is 12.0 Å². The van der Waals surface area contributed by atoms with Crippen LogP contribution in [-0.4, -0.2) is 46.8 Å². The van der Waals surface area contributed by atoms with Gasteiger partial charge in [0.25, 0.3) is 0 Å². The summed E-state index contributed by atoms with van der Waals surface area (Å²) in [6.07, 6.45) is 13.4. The molecule has 1 amide bonds. The number of carbonyl (C=O) groups excluding carboxylic acids is 2. The Bertz CT molecular complexity index is 554. The van der Waals surface area contributed by atoms with Crippen LogP contribution >= 0.6 is 0 Å². The van der Waals surface area contributed by atoms with E-state index < -0.39 is 36.1 Å². The first-order valence-electron chi connectivity index (χ1n) is 14.1. The fraction of sp³-hybridized carbons (Fsp3) is 0.893. The van der Waals surface area contributed by atoms with Crippen molar-refractivity contribution in [3.63, 3.8) is 0 Å². The molecule has 206 valence electrons. The number of rotatable bonds is 24. The number of carboxylic acids is 1. The van der Waals surface area contributed by atoms with Gasteiger partial charge in [-0.15, -0.1) is 0 Å². The zero-order valence-corrected chi connectivity index (χ0v) is 22.8. The summed E-state index contributed by atoms with van der Waals surface area (Å²) < 4.78 is 5.76. The zero-order chi connectivity index (χ0) is 26.5. The van der Waals surface area contributed by atoms with Crippen LogP contribution < -0.4 is 5.32 Å². The molecule has 0 radical (unpaired) electrons. The summed E-state index contributed by atoms with van der Waals surface area (Å²) in [5, 5.41) is 23.0. The minimum atomic E-state index is -1.08. The number of nitrogens with one attached hydrogen (secondary N) is 1. The number of ether oxygens (including phenoxy) is 1. The standard InChI is InChI=1S/C28H53NO6/c1-5-7-9-11-12-13-14-15-17-23(35-28(34)25(29-21-30)19-22(3)4)20-26(31)24(27(32)33)18-16-10-8-6-2/h21-26,31H,5-20H2,1-4H3,(H,29,30)(H,32,33)/t23-,24-,25-,26-/m0/s1. The fourth-order valence-electron chi connectivity index (χ4n) is 4.47. The quantitative estimate of drug-likeness (QED) is 0.0851. The number of aliphatic hydroxyl groups is 1. The number of unbranched alkanes of at least 4 members (excludes halogenated alkanes) is 10. The minimum absolute atomic E-state index is 0.0997. The molecule has 0 bridgehead atoms. The monoisotopic (exact) mass is 499 g/mol. The van der Waals surface area contributed by atoms with Crippen LogP contribution in [0.25, 0.3) is 0 Å². The van der Waals surface area contributed by atoms with Gasteiger partial charge >= 0.3 is 11.9 Å². The molecule has 0 aromatic heterocycles. The van der Waals surface area contributed by atoms with Crippen molar-refractivity contribution in [2.75, 3.05) is 0 Å². The molecular formula is C28H53NO6. The highest BCUT2D eigenvalue weighted by Gasteiger charge is 2.31. The van der Waals surface area contributed by atoms with E-state index >= 15 is 0 Å². The van der Waals surface area contributed by atoms with E-state index in [4.69, 9.17) is 4.74 Å². The summed E-state index contributed by atoms with van der Waals surface area (Å²) in [7, 11) is 0. The number of carboxylic acid groups (broad SMARTS) is 1. The fourth-order valence-corrected chi connectivity index (χ4v) is 4.47. The van der Waals surface area contributed by atoms with Crippen molar-refractivity contribution in [3.05, 3.63) is 0 Å². The van der Waals surface area contributed by atoms with Crippen molar-refractivity contribution in [1.82, 2.24) is 5.32 Å². The molecule has 0 heterocycles. The van der Waals surface area contributed by atoms with Gasteiger partial charge in [-0.3, -0.25) is 9.59 Å². The molecule has 7 nitrogen and oxygen atoms in total. The highest BCUT2D eigenvalue weighted by Crippen LogP contribution is 2.23. The topological polar surface area (TPSA) is 113 Å². The molecule has 4 atom stereocenters. The molecular weight excluding hydrogens is 446 g/mol. The summed E-state index contributed by atoms with van der Waals surface area (Å²) in [5.41, 5.74) is 0. The number of carbonyl (C=O) groups is 3. The lowest BCUT2D eigenvalue weighted by Crippen LogP contribution is -2.41. The maximum Gasteiger partial charge on any atom is 0.328 e. The molecule has 0 spiro atoms. The van der Waals surface area contributed by atoms with Gasteiger partial charge in [-0.1, -0.05) is 98.3 Å². The van der Waals surface area contributed by atoms with Crippen molar-refractivity contribution < 1.29 is 29.3 Å². The summed E-state index contributed by atoms with van der Waals surface area (Å²) in [6.45, 7) is 8.22. The maximum atomic E-state index is 12.8. The third-order valence-electron chi connectivity index (χ3n) is 6.58. The van der Waals surface area contributed by atoms with E-state index in [-0.39, 0.29) is 12.3 Å². The van der Waals surface area contributed by atoms with Gasteiger partial charge in [0.15, 0.2) is 0 Å². The van der Waals surface area contributed by atoms with E-state index in [0.717, 1.165) is 44.9 Å². The van der Waals surface area contributed by atoms with Crippen molar-refractivity contribution >= 4 is 18.3 Å². The van der Waals surface area contributed by atoms with E-state index in [1.165, 1.54) is 32.1 Å². The van der Waals surface area contributed by atoms with Crippen LogP contribution in [0.4, 0.5) is 0 Å². The number of hydrogen-bond acceptors (Lipinski definition) is 5. The number of aliphatic carboxylic acids is 1. The Kier molecular flexibility index (Phi) is 20.6. The molecule has 0 aromatic carbocycles. The van der Waals surface area contributed by atoms with Gasteiger partial charge in [-0.2, -0.15) is 0 Å². The molecule has 0 saturated carbocycles. The molecule has 0 aliphatic rings. The molecule has 0 saturated heterocycles. The first-order chi connectivity index (χ1) is 16.8. The van der Waals surface area contributed by atoms with Gasteiger partial charge in [-0.25, -0.2) is 4.79 Å². The minimum Gasteiger partial charge on any atom is -0.481 e. The molecule has 0 fully saturated rings. The van der Waals surface area contributed by atoms with E-state index in [2.05, 4.69) is 19.2 Å². The smallest absolute Gasteiger partial charge is 0.328 e. The van der Waals surface area contributed by atoms with Crippen LogP contribution in [0.5, 0.6) is 0 Å². The molecule has 35 heavy (non-hydrogen) atoms. The Balaban J connectivity index is 5.04. The van der Waals surface area contributed by atoms with Crippen LogP contribution in [0.2, 0.25) is 0 Å². The van der Waals surface area contributed by atoms with Crippen LogP contribution in [0.15, 0.2) is 0 Å². The van der Waals surface area contributed by atoms with Crippen LogP contribution in [-0.2, 0) is 19.1 Å². The van der Waals surface area contributed by atoms with Gasteiger partial charge in [0.1, 0.15) is 12.1 Å². The Labute approximate surface area is 213 Å². The second-order valence-electron chi connectivity index (χ2n) is 10.4. The first-order valence-corrected chi connectivity index (χ1v) is 14.1. The van der Waals surface area contributed by atoms with E-state index in [1.54, 1.807) is 0 Å². The third-order valence-corrected chi connectivity index (χ3v) is 6.58. The Hall–Kier alpha value is -1.63. The lowest BCUT2D eigenvalue weighted by molar-refractivity contribution is -0.156. The molecule has 0 aliphatic heterocycles. The maximum absolute atomic E-state index is 12.8. The number of esters is 1. The molecule has 7 heteroatoms. The average Bonchev–Trinajstić information content (AvgIpc) is 2.79. The normalized spacial score (nSPS) is 14.8. The van der Waals surface area contributed by atoms with Gasteiger partial charge < -0.3 is 20.3 Å². The van der Waals surface area contributed by atoms with Crippen LogP contribution in [0, 0.1) is 11.8 Å². The third kappa shape index (κ3) is 17.4. The predicted molar refractivity (Wildman–Crippen MR) is 140 cm³/mol. The summed E-state index contributed by atoms with van der Waals surface area (Å²) in [5.74, 6) is -2.20. The van der Waals surface area contributed by atoms with Gasteiger partial charge in [-0.05, 0) is 31.6 Å². The average molecular weight is 500 g/mol. The van der Waals surface area contributed by atoms with E-state index in [9.17, 15) is 24.6 Å². The lowest BCUT2D eigenvalue weighted by atomic mass is 9.90.